The smallest absolute Gasteiger partial charge is 0.189 e. The minimum atomic E-state index is -6.94. The van der Waals surface area contributed by atoms with Crippen molar-refractivity contribution in [1.82, 2.24) is 0 Å². The Morgan fingerprint density at radius 2 is 0.882 bits per heavy atom. The fourth-order valence-electron chi connectivity index (χ4n) is 3.64. The number of fused-ring (bicyclic) bond motifs is 3. The highest BCUT2D eigenvalue weighted by atomic mass is 32.2. The van der Waals surface area contributed by atoms with Gasteiger partial charge < -0.3 is 0 Å². The maximum Gasteiger partial charge on any atom is 0.503 e. The summed E-state index contributed by atoms with van der Waals surface area (Å²) in [7, 11) is -3.09. The van der Waals surface area contributed by atoms with Gasteiger partial charge in [0.2, 0.25) is 0 Å². The third-order valence-electron chi connectivity index (χ3n) is 5.80. The Morgan fingerprint density at radius 1 is 0.529 bits per heavy atom. The molecule has 0 nitrogen and oxygen atoms in total. The third-order valence-corrected chi connectivity index (χ3v) is 8.12. The lowest BCUT2D eigenvalue weighted by Crippen LogP contribution is -2.58. The summed E-state index contributed by atoms with van der Waals surface area (Å²) < 4.78 is 125. The van der Waals surface area contributed by atoms with Gasteiger partial charge in [0.05, 0.1) is 10.5 Å². The van der Waals surface area contributed by atoms with Crippen LogP contribution in [0.4, 0.5) is 39.5 Å². The molecule has 0 radical (unpaired) electrons. The van der Waals surface area contributed by atoms with E-state index in [1.807, 2.05) is 0 Å². The fourth-order valence-corrected chi connectivity index (χ4v) is 6.10. The molecule has 188 valence electrons. The van der Waals surface area contributed by atoms with E-state index < -0.39 is 44.6 Å². The number of halogens is 9. The highest BCUT2D eigenvalue weighted by Gasteiger charge is 2.86. The Bertz CT molecular complexity index is 1160. The first-order valence-electron chi connectivity index (χ1n) is 10.3. The van der Waals surface area contributed by atoms with Gasteiger partial charge >= 0.3 is 23.3 Å². The van der Waals surface area contributed by atoms with Crippen LogP contribution in [0.3, 0.4) is 0 Å². The molecule has 0 amide bonds. The van der Waals surface area contributed by atoms with E-state index >= 15 is 8.78 Å². The predicted molar refractivity (Wildman–Crippen MR) is 117 cm³/mol. The van der Waals surface area contributed by atoms with E-state index in [1.165, 1.54) is 24.3 Å². The van der Waals surface area contributed by atoms with Crippen molar-refractivity contribution in [1.29, 1.82) is 0 Å². The summed E-state index contributed by atoms with van der Waals surface area (Å²) >= 11 is 0. The predicted octanol–water partition coefficient (Wildman–Crippen LogP) is 9.72. The quantitative estimate of drug-likeness (QED) is 0.241. The van der Waals surface area contributed by atoms with E-state index in [0.29, 0.717) is 11.1 Å². The van der Waals surface area contributed by atoms with Gasteiger partial charge in [0.1, 0.15) is 0 Å². The molecule has 0 saturated heterocycles. The molecule has 0 saturated carbocycles. The van der Waals surface area contributed by atoms with Gasteiger partial charge in [-0.05, 0) is 34.1 Å². The topological polar surface area (TPSA) is 0 Å². The number of rotatable bonds is 3. The van der Waals surface area contributed by atoms with Crippen molar-refractivity contribution in [3.63, 3.8) is 0 Å². The molecule has 2 aromatic carbocycles. The number of thiophene rings is 1. The Hall–Kier alpha value is -1.97. The maximum absolute atomic E-state index is 15.4. The molecule has 0 aliphatic heterocycles. The van der Waals surface area contributed by atoms with Gasteiger partial charge in [-0.3, -0.25) is 0 Å². The van der Waals surface area contributed by atoms with Crippen LogP contribution in [0.5, 0.6) is 0 Å². The zero-order valence-corrected chi connectivity index (χ0v) is 20.1. The number of alkyl halides is 9. The van der Waals surface area contributed by atoms with Crippen LogP contribution in [0.2, 0.25) is 0 Å². The molecule has 1 heterocycles. The second-order valence-corrected chi connectivity index (χ2v) is 12.4. The summed E-state index contributed by atoms with van der Waals surface area (Å²) in [6.45, 7) is 10.4. The molecule has 10 heteroatoms. The van der Waals surface area contributed by atoms with Crippen LogP contribution in [0.25, 0.3) is 20.2 Å². The second kappa shape index (κ2) is 7.51. The van der Waals surface area contributed by atoms with Gasteiger partial charge in [-0.15, -0.1) is 8.78 Å². The lowest BCUT2D eigenvalue weighted by Gasteiger charge is -2.29. The first kappa shape index (κ1) is 26.6. The van der Waals surface area contributed by atoms with Crippen LogP contribution in [-0.2, 0) is 16.1 Å². The summed E-state index contributed by atoms with van der Waals surface area (Å²) in [5.41, 5.74) is -0.338. The number of hydrogen-bond acceptors (Lipinski definition) is 0. The fraction of sp³-hybridized carbons (Fsp3) is 0.500. The van der Waals surface area contributed by atoms with Crippen molar-refractivity contribution in [2.75, 3.05) is 0 Å². The first-order valence-corrected chi connectivity index (χ1v) is 11.5. The molecule has 0 fully saturated rings. The molecule has 0 bridgehead atoms. The average molecular weight is 516 g/mol. The standard InChI is InChI=1S/C24H24F9S/c1-19(2,3)13-7-9-15-16-10-8-14(20(4,5)6)12-18(16)34(17(15)11-13)24(32,33)22(27,28)21(25,26)23(29,30)31/h7-12H,1-6H3/q+1. The van der Waals surface area contributed by atoms with Crippen molar-refractivity contribution in [2.45, 2.75) is 75.6 Å². The molecule has 34 heavy (non-hydrogen) atoms. The van der Waals surface area contributed by atoms with E-state index in [9.17, 15) is 30.7 Å². The van der Waals surface area contributed by atoms with E-state index in [0.717, 1.165) is 0 Å². The molecule has 0 unspecified atom stereocenters. The molecular weight excluding hydrogens is 491 g/mol. The van der Waals surface area contributed by atoms with E-state index in [4.69, 9.17) is 0 Å². The number of benzene rings is 2. The molecule has 3 aromatic rings. The van der Waals surface area contributed by atoms with Crippen LogP contribution in [0.1, 0.15) is 52.7 Å². The van der Waals surface area contributed by atoms with Crippen LogP contribution in [-0.4, -0.2) is 18.0 Å². The van der Waals surface area contributed by atoms with Gasteiger partial charge in [0.25, 0.3) is 0 Å². The lowest BCUT2D eigenvalue weighted by atomic mass is 9.86. The van der Waals surface area contributed by atoms with Gasteiger partial charge in [-0.25, -0.2) is 0 Å². The highest BCUT2D eigenvalue weighted by molar-refractivity contribution is 7.44. The average Bonchev–Trinajstić information content (AvgIpc) is 2.98. The summed E-state index contributed by atoms with van der Waals surface area (Å²) in [5.74, 6) is -13.6. The van der Waals surface area contributed by atoms with Crippen molar-refractivity contribution in [3.8, 4) is 0 Å². The van der Waals surface area contributed by atoms with Gasteiger partial charge in [0, 0.05) is 22.9 Å². The van der Waals surface area contributed by atoms with Crippen molar-refractivity contribution >= 4 is 30.6 Å². The summed E-state index contributed by atoms with van der Waals surface area (Å²) in [5, 5.41) is -5.52. The Balaban J connectivity index is 2.51. The molecule has 0 aliphatic carbocycles. The molecular formula is C24H24F9S+. The molecule has 0 N–H and O–H groups in total. The summed E-state index contributed by atoms with van der Waals surface area (Å²) in [6, 6.07) is 8.49. The lowest BCUT2D eigenvalue weighted by molar-refractivity contribution is -0.390. The molecule has 1 aromatic heterocycles. The van der Waals surface area contributed by atoms with E-state index in [2.05, 4.69) is 0 Å². The van der Waals surface area contributed by atoms with Crippen LogP contribution < -0.4 is 0 Å². The minimum Gasteiger partial charge on any atom is -0.189 e. The van der Waals surface area contributed by atoms with Crippen molar-refractivity contribution < 1.29 is 39.5 Å². The van der Waals surface area contributed by atoms with Crippen LogP contribution in [0.15, 0.2) is 36.4 Å². The van der Waals surface area contributed by atoms with Crippen LogP contribution in [0, 0.1) is 0 Å². The zero-order chi connectivity index (χ0) is 26.3. The summed E-state index contributed by atoms with van der Waals surface area (Å²) in [4.78, 5) is 0. The van der Waals surface area contributed by atoms with E-state index in [1.54, 1.807) is 53.7 Å². The Labute approximate surface area is 193 Å². The van der Waals surface area contributed by atoms with Gasteiger partial charge in [-0.1, -0.05) is 53.7 Å². The van der Waals surface area contributed by atoms with Gasteiger partial charge in [0.15, 0.2) is 9.40 Å². The largest absolute Gasteiger partial charge is 0.503 e. The zero-order valence-electron chi connectivity index (χ0n) is 19.3. The normalized spacial score (nSPS) is 14.9. The molecule has 0 spiro atoms. The van der Waals surface area contributed by atoms with Crippen molar-refractivity contribution in [3.05, 3.63) is 47.5 Å². The van der Waals surface area contributed by atoms with Gasteiger partial charge in [-0.2, -0.15) is 30.7 Å². The highest BCUT2D eigenvalue weighted by Crippen LogP contribution is 2.65. The SMILES string of the molecule is CC(C)(C)c1ccc2c3ccc(C(C)(C)C)cc3[s+](C(F)(F)C(F)(F)C(F)(F)C(F)(F)F)c2c1. The van der Waals surface area contributed by atoms with Crippen molar-refractivity contribution in [2.24, 2.45) is 0 Å². The summed E-state index contributed by atoms with van der Waals surface area (Å²) in [6.07, 6.45) is -6.87. The Morgan fingerprint density at radius 3 is 1.18 bits per heavy atom. The monoisotopic (exact) mass is 515 g/mol. The maximum atomic E-state index is 15.4. The first-order chi connectivity index (χ1) is 15.0. The number of hydrogen-bond donors (Lipinski definition) is 0. The molecule has 0 atom stereocenters. The van der Waals surface area contributed by atoms with Crippen LogP contribution >= 0.6 is 10.5 Å². The molecule has 0 aliphatic rings. The Kier molecular flexibility index (Phi) is 5.88. The van der Waals surface area contributed by atoms with E-state index in [-0.39, 0.29) is 20.2 Å². The minimum absolute atomic E-state index is 0.109. The third kappa shape index (κ3) is 3.85. The second-order valence-electron chi connectivity index (χ2n) is 10.4. The molecule has 3 rings (SSSR count).